The van der Waals surface area contributed by atoms with E-state index in [0.29, 0.717) is 6.61 Å². The maximum Gasteiger partial charge on any atom is 0.0825 e. The normalized spacial score (nSPS) is 10.1. The minimum Gasteiger partial charge on any atom is -0.240 e. The third-order valence-corrected chi connectivity index (χ3v) is 1.65. The second kappa shape index (κ2) is 5.75. The lowest BCUT2D eigenvalue weighted by molar-refractivity contribution is -0.272. The molecule has 0 saturated heterocycles. The van der Waals surface area contributed by atoms with Crippen LogP contribution in [0.2, 0.25) is 0 Å². The Kier molecular flexibility index (Phi) is 4.42. The zero-order chi connectivity index (χ0) is 8.65. The number of hydrogen-bond donors (Lipinski definition) is 0. The van der Waals surface area contributed by atoms with Crippen molar-refractivity contribution < 1.29 is 9.78 Å². The first-order valence-electron chi connectivity index (χ1n) is 4.13. The van der Waals surface area contributed by atoms with Gasteiger partial charge in [-0.25, -0.2) is 9.78 Å². The standard InChI is InChI=1S/C10H14O2/c1-11-12-9-5-8-10-6-3-2-4-7-10/h2-4,6-7H,5,8-9H2,1H3. The van der Waals surface area contributed by atoms with Gasteiger partial charge >= 0.3 is 0 Å². The first kappa shape index (κ1) is 9.23. The monoisotopic (exact) mass is 166 g/mol. The van der Waals surface area contributed by atoms with Crippen LogP contribution in [0.5, 0.6) is 0 Å². The average Bonchev–Trinajstić information content (AvgIpc) is 2.14. The van der Waals surface area contributed by atoms with E-state index >= 15 is 0 Å². The molecule has 1 aromatic rings. The molecule has 0 heterocycles. The third kappa shape index (κ3) is 3.51. The zero-order valence-corrected chi connectivity index (χ0v) is 7.32. The maximum atomic E-state index is 4.76. The van der Waals surface area contributed by atoms with Crippen molar-refractivity contribution in [3.63, 3.8) is 0 Å². The van der Waals surface area contributed by atoms with E-state index in [0.717, 1.165) is 12.8 Å². The molecule has 0 spiro atoms. The number of hydrogen-bond acceptors (Lipinski definition) is 2. The Labute approximate surface area is 73.0 Å². The fourth-order valence-corrected chi connectivity index (χ4v) is 1.06. The van der Waals surface area contributed by atoms with Crippen molar-refractivity contribution in [2.24, 2.45) is 0 Å². The average molecular weight is 166 g/mol. The van der Waals surface area contributed by atoms with E-state index in [1.54, 1.807) is 0 Å². The van der Waals surface area contributed by atoms with Gasteiger partial charge in [0.2, 0.25) is 0 Å². The molecule has 1 aromatic carbocycles. The molecule has 0 fully saturated rings. The highest BCUT2D eigenvalue weighted by molar-refractivity contribution is 5.14. The minimum absolute atomic E-state index is 0.658. The topological polar surface area (TPSA) is 18.5 Å². The molecule has 0 bridgehead atoms. The molecule has 1 rings (SSSR count). The Bertz CT molecular complexity index is 196. The van der Waals surface area contributed by atoms with Crippen LogP contribution >= 0.6 is 0 Å². The molecule has 0 saturated carbocycles. The summed E-state index contributed by atoms with van der Waals surface area (Å²) in [5.41, 5.74) is 1.34. The molecule has 0 N–H and O–H groups in total. The van der Waals surface area contributed by atoms with Gasteiger partial charge in [-0.05, 0) is 18.4 Å². The Morgan fingerprint density at radius 1 is 1.17 bits per heavy atom. The van der Waals surface area contributed by atoms with Gasteiger partial charge in [-0.2, -0.15) is 0 Å². The lowest BCUT2D eigenvalue weighted by Gasteiger charge is -2.00. The van der Waals surface area contributed by atoms with Gasteiger partial charge in [-0.1, -0.05) is 30.3 Å². The maximum absolute atomic E-state index is 4.76. The molecule has 66 valence electrons. The molecule has 0 atom stereocenters. The van der Waals surface area contributed by atoms with Crippen LogP contribution in [0.15, 0.2) is 30.3 Å². The summed E-state index contributed by atoms with van der Waals surface area (Å²) >= 11 is 0. The molecule has 2 nitrogen and oxygen atoms in total. The molecule has 2 heteroatoms. The van der Waals surface area contributed by atoms with Crippen LogP contribution in [0, 0.1) is 0 Å². The Hall–Kier alpha value is -0.860. The Morgan fingerprint density at radius 2 is 1.92 bits per heavy atom. The molecule has 0 aliphatic carbocycles. The van der Waals surface area contributed by atoms with Crippen LogP contribution in [0.3, 0.4) is 0 Å². The number of aryl methyl sites for hydroxylation is 1. The summed E-state index contributed by atoms with van der Waals surface area (Å²) in [5, 5.41) is 0. The highest BCUT2D eigenvalue weighted by atomic mass is 17.2. The van der Waals surface area contributed by atoms with E-state index < -0.39 is 0 Å². The quantitative estimate of drug-likeness (QED) is 0.379. The summed E-state index contributed by atoms with van der Waals surface area (Å²) < 4.78 is 0. The SMILES string of the molecule is COOCCCc1ccccc1. The van der Waals surface area contributed by atoms with Gasteiger partial charge in [0.15, 0.2) is 0 Å². The van der Waals surface area contributed by atoms with Crippen molar-refractivity contribution in [2.45, 2.75) is 12.8 Å². The van der Waals surface area contributed by atoms with Crippen LogP contribution in [-0.2, 0) is 16.2 Å². The predicted molar refractivity (Wildman–Crippen MR) is 47.7 cm³/mol. The molecule has 0 aliphatic rings. The number of rotatable bonds is 5. The van der Waals surface area contributed by atoms with Crippen molar-refractivity contribution in [3.05, 3.63) is 35.9 Å². The summed E-state index contributed by atoms with van der Waals surface area (Å²) in [4.78, 5) is 9.23. The van der Waals surface area contributed by atoms with Gasteiger partial charge in [-0.3, -0.25) is 0 Å². The minimum atomic E-state index is 0.658. The van der Waals surface area contributed by atoms with Crippen molar-refractivity contribution in [3.8, 4) is 0 Å². The lowest BCUT2D eigenvalue weighted by Crippen LogP contribution is -1.94. The second-order valence-corrected chi connectivity index (χ2v) is 2.58. The Morgan fingerprint density at radius 3 is 2.58 bits per heavy atom. The first-order valence-corrected chi connectivity index (χ1v) is 4.13. The number of benzene rings is 1. The molecular weight excluding hydrogens is 152 g/mol. The van der Waals surface area contributed by atoms with Gasteiger partial charge in [0.05, 0.1) is 13.7 Å². The highest BCUT2D eigenvalue weighted by Crippen LogP contribution is 2.01. The van der Waals surface area contributed by atoms with Crippen molar-refractivity contribution in [1.29, 1.82) is 0 Å². The molecule has 0 amide bonds. The van der Waals surface area contributed by atoms with E-state index in [2.05, 4.69) is 17.0 Å². The first-order chi connectivity index (χ1) is 5.93. The molecular formula is C10H14O2. The Balaban J connectivity index is 2.16. The van der Waals surface area contributed by atoms with Crippen molar-refractivity contribution in [2.75, 3.05) is 13.7 Å². The van der Waals surface area contributed by atoms with Crippen LogP contribution in [-0.4, -0.2) is 13.7 Å². The summed E-state index contributed by atoms with van der Waals surface area (Å²) in [5.74, 6) is 0. The fourth-order valence-electron chi connectivity index (χ4n) is 1.06. The second-order valence-electron chi connectivity index (χ2n) is 2.58. The summed E-state index contributed by atoms with van der Waals surface area (Å²) in [7, 11) is 1.53. The van der Waals surface area contributed by atoms with E-state index in [-0.39, 0.29) is 0 Å². The molecule has 12 heavy (non-hydrogen) atoms. The van der Waals surface area contributed by atoms with E-state index in [1.165, 1.54) is 12.7 Å². The summed E-state index contributed by atoms with van der Waals surface area (Å²) in [6.45, 7) is 0.658. The highest BCUT2D eigenvalue weighted by Gasteiger charge is 1.91. The van der Waals surface area contributed by atoms with E-state index in [1.807, 2.05) is 18.2 Å². The van der Waals surface area contributed by atoms with Crippen LogP contribution in [0.4, 0.5) is 0 Å². The van der Waals surface area contributed by atoms with Crippen molar-refractivity contribution in [1.82, 2.24) is 0 Å². The van der Waals surface area contributed by atoms with E-state index in [9.17, 15) is 0 Å². The van der Waals surface area contributed by atoms with Gasteiger partial charge in [0.1, 0.15) is 0 Å². The molecule has 0 unspecified atom stereocenters. The summed E-state index contributed by atoms with van der Waals surface area (Å²) in [6.07, 6.45) is 2.04. The smallest absolute Gasteiger partial charge is 0.0825 e. The predicted octanol–water partition coefficient (Wildman–Crippen LogP) is 2.20. The van der Waals surface area contributed by atoms with Crippen LogP contribution in [0.25, 0.3) is 0 Å². The van der Waals surface area contributed by atoms with Crippen molar-refractivity contribution >= 4 is 0 Å². The van der Waals surface area contributed by atoms with Gasteiger partial charge in [0, 0.05) is 0 Å². The van der Waals surface area contributed by atoms with Gasteiger partial charge < -0.3 is 0 Å². The lowest BCUT2D eigenvalue weighted by atomic mass is 10.1. The van der Waals surface area contributed by atoms with Gasteiger partial charge in [-0.15, -0.1) is 0 Å². The molecule has 0 aliphatic heterocycles. The van der Waals surface area contributed by atoms with E-state index in [4.69, 9.17) is 4.89 Å². The third-order valence-electron chi connectivity index (χ3n) is 1.65. The molecule has 0 aromatic heterocycles. The largest absolute Gasteiger partial charge is 0.240 e. The summed E-state index contributed by atoms with van der Waals surface area (Å²) in [6, 6.07) is 10.4. The fraction of sp³-hybridized carbons (Fsp3) is 0.400. The molecule has 0 radical (unpaired) electrons. The van der Waals surface area contributed by atoms with Crippen LogP contribution < -0.4 is 0 Å². The van der Waals surface area contributed by atoms with Crippen LogP contribution in [0.1, 0.15) is 12.0 Å². The zero-order valence-electron chi connectivity index (χ0n) is 7.32. The van der Waals surface area contributed by atoms with Gasteiger partial charge in [0.25, 0.3) is 0 Å².